The van der Waals surface area contributed by atoms with Crippen molar-refractivity contribution in [2.75, 3.05) is 11.9 Å². The Morgan fingerprint density at radius 3 is 2.40 bits per heavy atom. The Morgan fingerprint density at radius 1 is 1.20 bits per heavy atom. The van der Waals surface area contributed by atoms with Crippen molar-refractivity contribution in [1.82, 2.24) is 9.97 Å². The van der Waals surface area contributed by atoms with Gasteiger partial charge in [0.1, 0.15) is 11.6 Å². The van der Waals surface area contributed by atoms with Gasteiger partial charge in [0.15, 0.2) is 0 Å². The maximum absolute atomic E-state index is 11.0. The Kier molecular flexibility index (Phi) is 3.98. The van der Waals surface area contributed by atoms with Gasteiger partial charge in [-0.1, -0.05) is 12.1 Å². The van der Waals surface area contributed by atoms with Crippen LogP contribution in [0.3, 0.4) is 0 Å². The number of benzene rings is 1. The second kappa shape index (κ2) is 5.69. The zero-order chi connectivity index (χ0) is 14.7. The van der Waals surface area contributed by atoms with E-state index in [2.05, 4.69) is 9.97 Å². The van der Waals surface area contributed by atoms with Crippen molar-refractivity contribution in [2.24, 2.45) is 5.73 Å². The summed E-state index contributed by atoms with van der Waals surface area (Å²) in [7, 11) is 1.98. The van der Waals surface area contributed by atoms with Gasteiger partial charge in [0.2, 0.25) is 5.91 Å². The number of nitrogens with two attached hydrogens (primary N) is 1. The molecule has 2 aromatic rings. The van der Waals surface area contributed by atoms with E-state index >= 15 is 0 Å². The first kappa shape index (κ1) is 14.0. The van der Waals surface area contributed by atoms with Gasteiger partial charge in [0, 0.05) is 30.9 Å². The Morgan fingerprint density at radius 2 is 1.85 bits per heavy atom. The summed E-state index contributed by atoms with van der Waals surface area (Å²) in [4.78, 5) is 21.8. The third-order valence-corrected chi connectivity index (χ3v) is 3.00. The second-order valence-corrected chi connectivity index (χ2v) is 4.83. The quantitative estimate of drug-likeness (QED) is 0.920. The maximum Gasteiger partial charge on any atom is 0.248 e. The number of carbonyl (C=O) groups is 1. The predicted molar refractivity (Wildman–Crippen MR) is 78.6 cm³/mol. The molecular weight excluding hydrogens is 252 g/mol. The van der Waals surface area contributed by atoms with Crippen LogP contribution in [0.25, 0.3) is 0 Å². The lowest BCUT2D eigenvalue weighted by atomic mass is 10.1. The lowest BCUT2D eigenvalue weighted by molar-refractivity contribution is 0.100. The van der Waals surface area contributed by atoms with E-state index in [9.17, 15) is 4.79 Å². The van der Waals surface area contributed by atoms with Crippen LogP contribution in [0.5, 0.6) is 0 Å². The van der Waals surface area contributed by atoms with Crippen molar-refractivity contribution >= 4 is 11.7 Å². The molecule has 1 aromatic heterocycles. The van der Waals surface area contributed by atoms with Gasteiger partial charge in [0.25, 0.3) is 0 Å². The van der Waals surface area contributed by atoms with Crippen molar-refractivity contribution < 1.29 is 4.79 Å². The Hall–Kier alpha value is -2.43. The third-order valence-electron chi connectivity index (χ3n) is 3.00. The van der Waals surface area contributed by atoms with Crippen LogP contribution in [-0.2, 0) is 6.54 Å². The normalized spacial score (nSPS) is 10.3. The van der Waals surface area contributed by atoms with Gasteiger partial charge in [-0.15, -0.1) is 0 Å². The van der Waals surface area contributed by atoms with Crippen molar-refractivity contribution in [3.63, 3.8) is 0 Å². The number of aryl methyl sites for hydroxylation is 2. The first-order chi connectivity index (χ1) is 9.45. The van der Waals surface area contributed by atoms with Crippen LogP contribution in [0.1, 0.15) is 27.4 Å². The number of anilines is 1. The van der Waals surface area contributed by atoms with Crippen molar-refractivity contribution in [3.8, 4) is 0 Å². The first-order valence-electron chi connectivity index (χ1n) is 6.38. The highest BCUT2D eigenvalue weighted by atomic mass is 16.1. The molecule has 0 aliphatic rings. The Labute approximate surface area is 118 Å². The number of amides is 1. The summed E-state index contributed by atoms with van der Waals surface area (Å²) in [5.74, 6) is 1.23. The molecule has 1 aromatic carbocycles. The van der Waals surface area contributed by atoms with E-state index in [-0.39, 0.29) is 0 Å². The van der Waals surface area contributed by atoms with E-state index in [0.717, 1.165) is 22.9 Å². The molecule has 0 atom stereocenters. The van der Waals surface area contributed by atoms with Gasteiger partial charge in [-0.3, -0.25) is 4.79 Å². The predicted octanol–water partition coefficient (Wildman–Crippen LogP) is 1.83. The number of carbonyl (C=O) groups excluding carboxylic acids is 1. The molecule has 20 heavy (non-hydrogen) atoms. The minimum atomic E-state index is -0.410. The molecule has 1 amide bonds. The zero-order valence-electron chi connectivity index (χ0n) is 11.9. The molecule has 0 unspecified atom stereocenters. The number of nitrogens with zero attached hydrogens (tertiary/aromatic N) is 3. The van der Waals surface area contributed by atoms with Crippen LogP contribution in [0.4, 0.5) is 5.82 Å². The third kappa shape index (κ3) is 3.32. The molecule has 1 heterocycles. The molecule has 104 valence electrons. The van der Waals surface area contributed by atoms with Crippen LogP contribution in [0, 0.1) is 13.8 Å². The number of primary amides is 1. The van der Waals surface area contributed by atoms with E-state index < -0.39 is 5.91 Å². The average Bonchev–Trinajstić information content (AvgIpc) is 2.38. The number of aromatic nitrogens is 2. The number of hydrogen-bond acceptors (Lipinski definition) is 4. The largest absolute Gasteiger partial charge is 0.366 e. The molecule has 0 aliphatic carbocycles. The van der Waals surface area contributed by atoms with Gasteiger partial charge in [0.05, 0.1) is 0 Å². The van der Waals surface area contributed by atoms with Crippen LogP contribution in [0.15, 0.2) is 30.3 Å². The first-order valence-corrected chi connectivity index (χ1v) is 6.38. The van der Waals surface area contributed by atoms with E-state index in [1.165, 1.54) is 0 Å². The van der Waals surface area contributed by atoms with Crippen molar-refractivity contribution in [2.45, 2.75) is 20.4 Å². The minimum Gasteiger partial charge on any atom is -0.366 e. The zero-order valence-corrected chi connectivity index (χ0v) is 11.9. The molecule has 2 rings (SSSR count). The summed E-state index contributed by atoms with van der Waals surface area (Å²) in [6.45, 7) is 4.54. The molecular formula is C15H18N4O. The summed E-state index contributed by atoms with van der Waals surface area (Å²) in [6.07, 6.45) is 0. The Bertz CT molecular complexity index is 602. The highest BCUT2D eigenvalue weighted by molar-refractivity contribution is 5.92. The van der Waals surface area contributed by atoms with Crippen LogP contribution >= 0.6 is 0 Å². The monoisotopic (exact) mass is 270 g/mol. The molecule has 5 heteroatoms. The van der Waals surface area contributed by atoms with Crippen LogP contribution in [-0.4, -0.2) is 22.9 Å². The molecule has 0 radical (unpaired) electrons. The van der Waals surface area contributed by atoms with E-state index in [1.54, 1.807) is 12.1 Å². The maximum atomic E-state index is 11.0. The fourth-order valence-corrected chi connectivity index (χ4v) is 2.02. The molecule has 0 aliphatic heterocycles. The van der Waals surface area contributed by atoms with Crippen molar-refractivity contribution in [3.05, 3.63) is 53.0 Å². The highest BCUT2D eigenvalue weighted by Crippen LogP contribution is 2.14. The molecule has 0 spiro atoms. The smallest absolute Gasteiger partial charge is 0.248 e. The summed E-state index contributed by atoms with van der Waals surface area (Å²) in [5.41, 5.74) is 7.78. The lowest BCUT2D eigenvalue weighted by Gasteiger charge is -2.19. The van der Waals surface area contributed by atoms with Crippen molar-refractivity contribution in [1.29, 1.82) is 0 Å². The molecule has 0 saturated heterocycles. The Balaban J connectivity index is 2.14. The van der Waals surface area contributed by atoms with E-state index in [4.69, 9.17) is 5.73 Å². The van der Waals surface area contributed by atoms with Crippen LogP contribution in [0.2, 0.25) is 0 Å². The van der Waals surface area contributed by atoms with Crippen LogP contribution < -0.4 is 10.6 Å². The molecule has 0 fully saturated rings. The minimum absolute atomic E-state index is 0.410. The highest BCUT2D eigenvalue weighted by Gasteiger charge is 2.06. The summed E-state index contributed by atoms with van der Waals surface area (Å²) in [5, 5.41) is 0. The van der Waals surface area contributed by atoms with Gasteiger partial charge in [-0.05, 0) is 31.5 Å². The molecule has 0 bridgehead atoms. The van der Waals surface area contributed by atoms with E-state index in [0.29, 0.717) is 12.1 Å². The fourth-order valence-electron chi connectivity index (χ4n) is 2.02. The summed E-state index contributed by atoms with van der Waals surface area (Å²) in [6, 6.07) is 9.23. The van der Waals surface area contributed by atoms with Gasteiger partial charge >= 0.3 is 0 Å². The average molecular weight is 270 g/mol. The van der Waals surface area contributed by atoms with E-state index in [1.807, 2.05) is 44.0 Å². The summed E-state index contributed by atoms with van der Waals surface area (Å²) < 4.78 is 0. The lowest BCUT2D eigenvalue weighted by Crippen LogP contribution is -2.19. The van der Waals surface area contributed by atoms with Gasteiger partial charge in [-0.2, -0.15) is 0 Å². The summed E-state index contributed by atoms with van der Waals surface area (Å²) >= 11 is 0. The van der Waals surface area contributed by atoms with Gasteiger partial charge in [-0.25, -0.2) is 9.97 Å². The standard InChI is InChI=1S/C15H18N4O/c1-10-8-14(18-11(2)17-10)19(3)9-12-4-6-13(7-5-12)15(16)20/h4-8H,9H2,1-3H3,(H2,16,20). The second-order valence-electron chi connectivity index (χ2n) is 4.83. The molecule has 0 saturated carbocycles. The topological polar surface area (TPSA) is 72.1 Å². The molecule has 2 N–H and O–H groups in total. The molecule has 5 nitrogen and oxygen atoms in total. The van der Waals surface area contributed by atoms with Gasteiger partial charge < -0.3 is 10.6 Å². The SMILES string of the molecule is Cc1cc(N(C)Cc2ccc(C(N)=O)cc2)nc(C)n1. The number of hydrogen-bond donors (Lipinski definition) is 1. The number of rotatable bonds is 4. The fraction of sp³-hybridized carbons (Fsp3) is 0.267.